The van der Waals surface area contributed by atoms with E-state index in [9.17, 15) is 9.59 Å². The minimum Gasteiger partial charge on any atom is -0.273 e. The Hall–Kier alpha value is -1.72. The number of nitrogens with one attached hydrogen (secondary N) is 2. The van der Waals surface area contributed by atoms with Gasteiger partial charge in [-0.1, -0.05) is 27.7 Å². The molecule has 0 aromatic rings. The molecule has 2 N–H and O–H groups in total. The maximum Gasteiger partial charge on any atom is 0.240 e. The van der Waals surface area contributed by atoms with E-state index in [2.05, 4.69) is 21.1 Å². The minimum absolute atomic E-state index is 0.185. The van der Waals surface area contributed by atoms with Gasteiger partial charge in [-0.3, -0.25) is 9.59 Å². The van der Waals surface area contributed by atoms with Gasteiger partial charge in [-0.05, 0) is 18.3 Å². The highest BCUT2D eigenvalue weighted by Gasteiger charge is 2.03. The molecule has 0 aromatic carbocycles. The summed E-state index contributed by atoms with van der Waals surface area (Å²) >= 11 is 0. The Labute approximate surface area is 114 Å². The fourth-order valence-electron chi connectivity index (χ4n) is 1.04. The Bertz CT molecular complexity index is 304. The van der Waals surface area contributed by atoms with Crippen LogP contribution in [-0.2, 0) is 9.59 Å². The van der Waals surface area contributed by atoms with Gasteiger partial charge in [-0.25, -0.2) is 10.9 Å². The molecule has 6 nitrogen and oxygen atoms in total. The van der Waals surface area contributed by atoms with E-state index in [1.165, 1.54) is 0 Å². The van der Waals surface area contributed by atoms with Crippen molar-refractivity contribution in [1.82, 2.24) is 10.9 Å². The monoisotopic (exact) mass is 268 g/mol. The third-order valence-electron chi connectivity index (χ3n) is 1.93. The van der Waals surface area contributed by atoms with Crippen LogP contribution in [0.5, 0.6) is 0 Å². The van der Waals surface area contributed by atoms with Crippen LogP contribution in [0.15, 0.2) is 10.2 Å². The van der Waals surface area contributed by atoms with Gasteiger partial charge in [0.05, 0.1) is 0 Å². The maximum atomic E-state index is 11.3. The number of nitrogens with zero attached hydrogens (tertiary/aromatic N) is 2. The summed E-state index contributed by atoms with van der Waals surface area (Å²) in [5.41, 5.74) is 4.83. The number of rotatable bonds is 8. The van der Waals surface area contributed by atoms with Crippen molar-refractivity contribution in [2.24, 2.45) is 22.0 Å². The second-order valence-electron chi connectivity index (χ2n) is 4.97. The zero-order valence-electron chi connectivity index (χ0n) is 12.1. The molecular formula is C13H24N4O2. The highest BCUT2D eigenvalue weighted by Crippen LogP contribution is 1.95. The summed E-state index contributed by atoms with van der Waals surface area (Å²) in [5, 5.41) is 7.58. The first-order valence-electron chi connectivity index (χ1n) is 6.56. The molecule has 0 atom stereocenters. The summed E-state index contributed by atoms with van der Waals surface area (Å²) < 4.78 is 0. The van der Waals surface area contributed by atoms with Crippen LogP contribution in [0.3, 0.4) is 0 Å². The molecular weight excluding hydrogens is 244 g/mol. The van der Waals surface area contributed by atoms with Crippen LogP contribution in [-0.4, -0.2) is 24.2 Å². The predicted octanol–water partition coefficient (Wildman–Crippen LogP) is 1.67. The van der Waals surface area contributed by atoms with E-state index in [4.69, 9.17) is 0 Å². The van der Waals surface area contributed by atoms with Crippen molar-refractivity contribution < 1.29 is 9.59 Å². The van der Waals surface area contributed by atoms with Crippen LogP contribution in [0.25, 0.3) is 0 Å². The second kappa shape index (κ2) is 10.2. The van der Waals surface area contributed by atoms with Gasteiger partial charge in [0.25, 0.3) is 0 Å². The van der Waals surface area contributed by atoms with E-state index in [0.29, 0.717) is 18.3 Å². The summed E-state index contributed by atoms with van der Waals surface area (Å²) in [6, 6.07) is 0. The van der Waals surface area contributed by atoms with E-state index in [1.54, 1.807) is 12.4 Å². The van der Waals surface area contributed by atoms with Crippen molar-refractivity contribution in [2.45, 2.75) is 47.0 Å². The third-order valence-corrected chi connectivity index (χ3v) is 1.93. The summed E-state index contributed by atoms with van der Waals surface area (Å²) in [6.45, 7) is 7.88. The molecule has 0 fully saturated rings. The van der Waals surface area contributed by atoms with E-state index >= 15 is 0 Å². The van der Waals surface area contributed by atoms with Crippen LogP contribution < -0.4 is 10.9 Å². The molecule has 0 bridgehead atoms. The van der Waals surface area contributed by atoms with E-state index in [1.807, 2.05) is 27.7 Å². The molecule has 2 amide bonds. The van der Waals surface area contributed by atoms with Crippen molar-refractivity contribution in [1.29, 1.82) is 0 Å². The minimum atomic E-state index is -0.185. The molecule has 6 heteroatoms. The Morgan fingerprint density at radius 1 is 0.895 bits per heavy atom. The van der Waals surface area contributed by atoms with Gasteiger partial charge in [0.1, 0.15) is 0 Å². The Balaban J connectivity index is 3.67. The molecule has 0 heterocycles. The fourth-order valence-corrected chi connectivity index (χ4v) is 1.04. The van der Waals surface area contributed by atoms with E-state index < -0.39 is 0 Å². The molecule has 0 aliphatic rings. The molecule has 0 saturated heterocycles. The normalized spacial score (nSPS) is 11.7. The van der Waals surface area contributed by atoms with E-state index in [0.717, 1.165) is 0 Å². The predicted molar refractivity (Wildman–Crippen MR) is 76.8 cm³/mol. The number of amides is 2. The molecule has 0 radical (unpaired) electrons. The molecule has 0 unspecified atom stereocenters. The second-order valence-corrected chi connectivity index (χ2v) is 4.97. The van der Waals surface area contributed by atoms with Gasteiger partial charge in [0, 0.05) is 25.3 Å². The van der Waals surface area contributed by atoms with Crippen molar-refractivity contribution >= 4 is 24.2 Å². The van der Waals surface area contributed by atoms with Crippen LogP contribution >= 0.6 is 0 Å². The van der Waals surface area contributed by atoms with Crippen molar-refractivity contribution in [3.63, 3.8) is 0 Å². The lowest BCUT2D eigenvalue weighted by Crippen LogP contribution is -2.20. The summed E-state index contributed by atoms with van der Waals surface area (Å²) in [4.78, 5) is 22.6. The number of carbonyl (C=O) groups is 2. The fraction of sp³-hybridized carbons (Fsp3) is 0.692. The van der Waals surface area contributed by atoms with Crippen molar-refractivity contribution in [2.75, 3.05) is 0 Å². The van der Waals surface area contributed by atoms with Gasteiger partial charge >= 0.3 is 0 Å². The standard InChI is InChI=1S/C13H24N4O2/c1-10(2)8-14-16-12(18)6-5-7-13(19)17-15-9-11(3)4/h8-11H,5-7H2,1-4H3,(H,16,18)(H,17,19)/b14-8+,15-9+. The topological polar surface area (TPSA) is 82.9 Å². The average Bonchev–Trinajstić information content (AvgIpc) is 2.27. The van der Waals surface area contributed by atoms with Crippen LogP contribution in [0.1, 0.15) is 47.0 Å². The average molecular weight is 268 g/mol. The third kappa shape index (κ3) is 12.5. The van der Waals surface area contributed by atoms with Crippen molar-refractivity contribution in [3.8, 4) is 0 Å². The molecule has 19 heavy (non-hydrogen) atoms. The van der Waals surface area contributed by atoms with Gasteiger partial charge < -0.3 is 0 Å². The zero-order chi connectivity index (χ0) is 14.7. The number of carbonyl (C=O) groups excluding carboxylic acids is 2. The molecule has 0 aromatic heterocycles. The van der Waals surface area contributed by atoms with Gasteiger partial charge in [0.15, 0.2) is 0 Å². The first-order chi connectivity index (χ1) is 8.91. The maximum absolute atomic E-state index is 11.3. The number of hydrogen-bond donors (Lipinski definition) is 2. The van der Waals surface area contributed by atoms with Gasteiger partial charge in [0.2, 0.25) is 11.8 Å². The smallest absolute Gasteiger partial charge is 0.240 e. The summed E-state index contributed by atoms with van der Waals surface area (Å²) in [5.74, 6) is 0.223. The number of hydrogen-bond acceptors (Lipinski definition) is 4. The molecule has 0 aliphatic carbocycles. The van der Waals surface area contributed by atoms with Gasteiger partial charge in [-0.2, -0.15) is 10.2 Å². The highest BCUT2D eigenvalue weighted by molar-refractivity contribution is 5.79. The lowest BCUT2D eigenvalue weighted by Gasteiger charge is -2.01. The zero-order valence-corrected chi connectivity index (χ0v) is 12.1. The Morgan fingerprint density at radius 3 is 1.58 bits per heavy atom. The van der Waals surface area contributed by atoms with E-state index in [-0.39, 0.29) is 24.7 Å². The van der Waals surface area contributed by atoms with Crippen molar-refractivity contribution in [3.05, 3.63) is 0 Å². The highest BCUT2D eigenvalue weighted by atomic mass is 16.2. The SMILES string of the molecule is CC(C)/C=N/NC(=O)CCCC(=O)N/N=C/C(C)C. The molecule has 0 saturated carbocycles. The van der Waals surface area contributed by atoms with Crippen LogP contribution in [0.2, 0.25) is 0 Å². The first kappa shape index (κ1) is 17.3. The molecule has 108 valence electrons. The lowest BCUT2D eigenvalue weighted by atomic mass is 10.2. The Kier molecular flexibility index (Phi) is 9.30. The number of hydrazone groups is 2. The lowest BCUT2D eigenvalue weighted by molar-refractivity contribution is -0.122. The summed E-state index contributed by atoms with van der Waals surface area (Å²) in [7, 11) is 0. The first-order valence-corrected chi connectivity index (χ1v) is 6.56. The molecule has 0 spiro atoms. The summed E-state index contributed by atoms with van der Waals surface area (Å²) in [6.07, 6.45) is 4.34. The van der Waals surface area contributed by atoms with Crippen LogP contribution in [0.4, 0.5) is 0 Å². The van der Waals surface area contributed by atoms with Crippen LogP contribution in [0, 0.1) is 11.8 Å². The van der Waals surface area contributed by atoms with Gasteiger partial charge in [-0.15, -0.1) is 0 Å². The molecule has 0 aliphatic heterocycles. The Morgan fingerprint density at radius 2 is 1.26 bits per heavy atom. The largest absolute Gasteiger partial charge is 0.273 e. The molecule has 0 rings (SSSR count). The quantitative estimate of drug-likeness (QED) is 0.518.